The molecule has 4 nitrogen and oxygen atoms in total. The first-order chi connectivity index (χ1) is 15.1. The van der Waals surface area contributed by atoms with Crippen LogP contribution in [0.25, 0.3) is 0 Å². The van der Waals surface area contributed by atoms with Crippen LogP contribution >= 0.6 is 0 Å². The van der Waals surface area contributed by atoms with E-state index in [1.54, 1.807) is 0 Å². The summed E-state index contributed by atoms with van der Waals surface area (Å²) in [5.74, 6) is -0.0806. The molecule has 0 aromatic heterocycles. The summed E-state index contributed by atoms with van der Waals surface area (Å²) in [6, 6.07) is 22.5. The molecule has 3 aliphatic rings. The summed E-state index contributed by atoms with van der Waals surface area (Å²) in [5, 5.41) is 5.60. The summed E-state index contributed by atoms with van der Waals surface area (Å²) in [6.07, 6.45) is 1.00. The molecule has 3 aliphatic carbocycles. The maximum Gasteiger partial charge on any atom is 0.251 e. The van der Waals surface area contributed by atoms with Crippen LogP contribution in [0.15, 0.2) is 72.8 Å². The summed E-state index contributed by atoms with van der Waals surface area (Å²) in [6.45, 7) is 0.458. The monoisotopic (exact) mass is 414 g/mol. The maximum atomic E-state index is 13.0. The Balaban J connectivity index is 1.24. The zero-order chi connectivity index (χ0) is 21.4. The van der Waals surface area contributed by atoms with E-state index in [9.17, 15) is 14.0 Å². The molecule has 3 aromatic carbocycles. The molecule has 31 heavy (non-hydrogen) atoms. The van der Waals surface area contributed by atoms with Crippen molar-refractivity contribution < 1.29 is 14.0 Å². The normalized spacial score (nSPS) is 20.5. The minimum atomic E-state index is -0.403. The average molecular weight is 414 g/mol. The maximum absolute atomic E-state index is 13.0. The quantitative estimate of drug-likeness (QED) is 0.664. The van der Waals surface area contributed by atoms with Crippen LogP contribution in [0, 0.1) is 11.7 Å². The van der Waals surface area contributed by atoms with Gasteiger partial charge in [-0.3, -0.25) is 9.59 Å². The number of carbonyl (C=O) groups excluding carboxylic acids is 2. The molecule has 5 heteroatoms. The number of hydrogen-bond donors (Lipinski definition) is 2. The Morgan fingerprint density at radius 2 is 1.39 bits per heavy atom. The van der Waals surface area contributed by atoms with E-state index in [0.29, 0.717) is 23.9 Å². The third-order valence-corrected chi connectivity index (χ3v) is 6.50. The van der Waals surface area contributed by atoms with Crippen molar-refractivity contribution in [1.29, 1.82) is 0 Å². The molecule has 0 fully saturated rings. The van der Waals surface area contributed by atoms with Gasteiger partial charge < -0.3 is 10.6 Å². The molecule has 0 spiro atoms. The molecule has 0 heterocycles. The Hall–Kier alpha value is -3.47. The zero-order valence-corrected chi connectivity index (χ0v) is 17.0. The van der Waals surface area contributed by atoms with E-state index in [4.69, 9.17) is 0 Å². The minimum Gasteiger partial charge on any atom is -0.354 e. The average Bonchev–Trinajstić information content (AvgIpc) is 2.82. The highest BCUT2D eigenvalue weighted by atomic mass is 19.1. The predicted molar refractivity (Wildman–Crippen MR) is 116 cm³/mol. The largest absolute Gasteiger partial charge is 0.354 e. The van der Waals surface area contributed by atoms with Gasteiger partial charge in [0.1, 0.15) is 5.82 Å². The second-order valence-electron chi connectivity index (χ2n) is 8.28. The van der Waals surface area contributed by atoms with E-state index in [1.807, 2.05) is 0 Å². The smallest absolute Gasteiger partial charge is 0.251 e. The lowest BCUT2D eigenvalue weighted by Crippen LogP contribution is -2.42. The van der Waals surface area contributed by atoms with Crippen molar-refractivity contribution in [3.63, 3.8) is 0 Å². The van der Waals surface area contributed by atoms with Crippen LogP contribution in [-0.4, -0.2) is 24.9 Å². The molecule has 2 amide bonds. The summed E-state index contributed by atoms with van der Waals surface area (Å²) >= 11 is 0. The van der Waals surface area contributed by atoms with E-state index in [0.717, 1.165) is 6.42 Å². The van der Waals surface area contributed by atoms with Gasteiger partial charge in [-0.15, -0.1) is 0 Å². The number of hydrogen-bond acceptors (Lipinski definition) is 2. The van der Waals surface area contributed by atoms with Crippen molar-refractivity contribution in [1.82, 2.24) is 10.6 Å². The molecular weight excluding hydrogens is 391 g/mol. The number of rotatable bonds is 5. The lowest BCUT2D eigenvalue weighted by atomic mass is 9.59. The summed E-state index contributed by atoms with van der Waals surface area (Å²) in [5.41, 5.74) is 5.86. The molecule has 6 rings (SSSR count). The minimum absolute atomic E-state index is 0.107. The van der Waals surface area contributed by atoms with Gasteiger partial charge in [0.15, 0.2) is 0 Å². The topological polar surface area (TPSA) is 58.2 Å². The highest BCUT2D eigenvalue weighted by Gasteiger charge is 2.42. The second-order valence-corrected chi connectivity index (χ2v) is 8.28. The van der Waals surface area contributed by atoms with Gasteiger partial charge in [0.25, 0.3) is 5.91 Å². The van der Waals surface area contributed by atoms with E-state index in [2.05, 4.69) is 59.2 Å². The van der Waals surface area contributed by atoms with Gasteiger partial charge in [0.05, 0.1) is 6.54 Å². The van der Waals surface area contributed by atoms with Crippen LogP contribution in [0.4, 0.5) is 4.39 Å². The molecular formula is C26H23FN2O2. The van der Waals surface area contributed by atoms with Crippen molar-refractivity contribution in [2.45, 2.75) is 18.3 Å². The highest BCUT2D eigenvalue weighted by Crippen LogP contribution is 2.55. The van der Waals surface area contributed by atoms with E-state index >= 15 is 0 Å². The number of benzene rings is 3. The molecule has 2 N–H and O–H groups in total. The van der Waals surface area contributed by atoms with Crippen LogP contribution < -0.4 is 10.6 Å². The first kappa shape index (κ1) is 19.5. The Morgan fingerprint density at radius 3 is 2.00 bits per heavy atom. The van der Waals surface area contributed by atoms with E-state index < -0.39 is 11.7 Å². The van der Waals surface area contributed by atoms with Crippen molar-refractivity contribution in [3.8, 4) is 0 Å². The summed E-state index contributed by atoms with van der Waals surface area (Å²) in [7, 11) is 0. The fraction of sp³-hybridized carbons (Fsp3) is 0.231. The lowest BCUT2D eigenvalue weighted by molar-refractivity contribution is -0.120. The van der Waals surface area contributed by atoms with Crippen molar-refractivity contribution in [2.75, 3.05) is 13.1 Å². The molecule has 0 radical (unpaired) electrons. The van der Waals surface area contributed by atoms with Gasteiger partial charge in [-0.1, -0.05) is 48.5 Å². The number of carbonyl (C=O) groups is 2. The van der Waals surface area contributed by atoms with Gasteiger partial charge in [-0.25, -0.2) is 4.39 Å². The number of halogens is 1. The molecule has 0 aliphatic heterocycles. The van der Waals surface area contributed by atoms with E-state index in [1.165, 1.54) is 46.5 Å². The van der Waals surface area contributed by atoms with E-state index in [-0.39, 0.29) is 18.4 Å². The Morgan fingerprint density at radius 1 is 0.806 bits per heavy atom. The molecule has 0 saturated carbocycles. The molecule has 2 bridgehead atoms. The fourth-order valence-electron chi connectivity index (χ4n) is 5.13. The Kier molecular flexibility index (Phi) is 5.02. The molecule has 0 saturated heterocycles. The molecule has 1 atom stereocenters. The van der Waals surface area contributed by atoms with Crippen LogP contribution in [0.1, 0.15) is 50.9 Å². The fourth-order valence-corrected chi connectivity index (χ4v) is 5.13. The van der Waals surface area contributed by atoms with Crippen LogP contribution in [0.5, 0.6) is 0 Å². The third kappa shape index (κ3) is 3.61. The van der Waals surface area contributed by atoms with Crippen molar-refractivity contribution in [3.05, 3.63) is 106 Å². The Bertz CT molecular complexity index is 1090. The Labute approximate surface area is 180 Å². The van der Waals surface area contributed by atoms with Gasteiger partial charge in [0, 0.05) is 23.9 Å². The first-order valence-electron chi connectivity index (χ1n) is 10.6. The van der Waals surface area contributed by atoms with Gasteiger partial charge in [-0.05, 0) is 58.9 Å². The number of amides is 2. The molecule has 3 aromatic rings. The zero-order valence-electron chi connectivity index (χ0n) is 17.0. The number of nitrogens with one attached hydrogen (secondary N) is 2. The van der Waals surface area contributed by atoms with Crippen molar-refractivity contribution >= 4 is 11.8 Å². The molecule has 156 valence electrons. The van der Waals surface area contributed by atoms with Crippen LogP contribution in [0.2, 0.25) is 0 Å². The highest BCUT2D eigenvalue weighted by molar-refractivity contribution is 5.96. The number of fused-ring (bicyclic) bond motifs is 1. The van der Waals surface area contributed by atoms with Crippen LogP contribution in [0.3, 0.4) is 0 Å². The SMILES string of the molecule is O=C(CNC(=O)c1ccc(F)cc1)NCC1CC2c3ccccc3C1c1ccccc12. The van der Waals surface area contributed by atoms with Crippen LogP contribution in [-0.2, 0) is 4.79 Å². The summed E-state index contributed by atoms with van der Waals surface area (Å²) < 4.78 is 13.0. The second kappa shape index (κ2) is 7.99. The predicted octanol–water partition coefficient (Wildman–Crippen LogP) is 3.97. The van der Waals surface area contributed by atoms with Gasteiger partial charge in [-0.2, -0.15) is 0 Å². The standard InChI is InChI=1S/C26H23FN2O2/c27-18-11-9-16(10-12-18)26(31)29-15-24(30)28-14-17-13-23-19-5-1-3-7-21(19)25(17)22-8-4-2-6-20(22)23/h1-12,17,23,25H,13-15H2,(H,28,30)(H,29,31). The van der Waals surface area contributed by atoms with Gasteiger partial charge in [0.2, 0.25) is 5.91 Å². The summed E-state index contributed by atoms with van der Waals surface area (Å²) in [4.78, 5) is 24.5. The third-order valence-electron chi connectivity index (χ3n) is 6.50. The van der Waals surface area contributed by atoms with Crippen molar-refractivity contribution in [2.24, 2.45) is 5.92 Å². The first-order valence-corrected chi connectivity index (χ1v) is 10.6. The van der Waals surface area contributed by atoms with Gasteiger partial charge >= 0.3 is 0 Å². The lowest BCUT2D eigenvalue weighted by Gasteiger charge is -2.45. The molecule has 1 unspecified atom stereocenters.